The highest BCUT2D eigenvalue weighted by Gasteiger charge is 2.43. The summed E-state index contributed by atoms with van der Waals surface area (Å²) < 4.78 is 10.8. The van der Waals surface area contributed by atoms with Crippen molar-refractivity contribution in [2.24, 2.45) is 4.99 Å². The molecule has 0 saturated carbocycles. The summed E-state index contributed by atoms with van der Waals surface area (Å²) >= 11 is 0. The number of likely N-dealkylation sites (tertiary alicyclic amines) is 1. The van der Waals surface area contributed by atoms with E-state index in [1.54, 1.807) is 4.90 Å². The molecule has 1 aliphatic rings. The minimum Gasteiger partial charge on any atom is -0.445 e. The van der Waals surface area contributed by atoms with Gasteiger partial charge in [-0.2, -0.15) is 4.99 Å². The second-order valence-corrected chi connectivity index (χ2v) is 7.32. The zero-order chi connectivity index (χ0) is 21.7. The van der Waals surface area contributed by atoms with Crippen molar-refractivity contribution in [3.63, 3.8) is 0 Å². The fraction of sp³-hybridized carbons (Fsp3) is 0.591. The van der Waals surface area contributed by atoms with Gasteiger partial charge in [0.1, 0.15) is 6.61 Å². The molecule has 1 aromatic carbocycles. The lowest BCUT2D eigenvalue weighted by atomic mass is 10.0. The third-order valence-corrected chi connectivity index (χ3v) is 4.97. The van der Waals surface area contributed by atoms with Gasteiger partial charge in [0.2, 0.25) is 11.7 Å². The minimum atomic E-state index is -1.73. The summed E-state index contributed by atoms with van der Waals surface area (Å²) in [6, 6.07) is 9.20. The number of isocyanates is 1. The van der Waals surface area contributed by atoms with Crippen LogP contribution >= 0.6 is 0 Å². The van der Waals surface area contributed by atoms with Crippen molar-refractivity contribution in [1.82, 2.24) is 10.2 Å². The third-order valence-electron chi connectivity index (χ3n) is 4.97. The highest BCUT2D eigenvalue weighted by atomic mass is 16.5. The van der Waals surface area contributed by atoms with Crippen LogP contribution in [0, 0.1) is 0 Å². The van der Waals surface area contributed by atoms with E-state index in [9.17, 15) is 14.4 Å². The highest BCUT2D eigenvalue weighted by Crippen LogP contribution is 2.22. The fourth-order valence-electron chi connectivity index (χ4n) is 3.32. The second kappa shape index (κ2) is 12.8. The van der Waals surface area contributed by atoms with Crippen LogP contribution in [0.25, 0.3) is 0 Å². The number of aliphatic imine (C=N–C) groups is 1. The number of amides is 2. The van der Waals surface area contributed by atoms with Gasteiger partial charge in [-0.1, -0.05) is 43.7 Å². The predicted octanol–water partition coefficient (Wildman–Crippen LogP) is 3.16. The average molecular weight is 418 g/mol. The number of benzene rings is 1. The summed E-state index contributed by atoms with van der Waals surface area (Å²) in [6.07, 6.45) is 4.99. The average Bonchev–Trinajstić information content (AvgIpc) is 3.30. The van der Waals surface area contributed by atoms with Gasteiger partial charge in [0.25, 0.3) is 5.91 Å². The van der Waals surface area contributed by atoms with E-state index in [1.807, 2.05) is 30.3 Å². The molecule has 0 aromatic heterocycles. The number of alkyl carbamates (subject to hydrolysis) is 1. The Morgan fingerprint density at radius 1 is 1.17 bits per heavy atom. The van der Waals surface area contributed by atoms with Crippen LogP contribution in [0.15, 0.2) is 35.3 Å². The molecule has 1 aliphatic heterocycles. The van der Waals surface area contributed by atoms with E-state index in [4.69, 9.17) is 9.47 Å². The van der Waals surface area contributed by atoms with Gasteiger partial charge < -0.3 is 14.4 Å². The molecule has 1 N–H and O–H groups in total. The lowest BCUT2D eigenvalue weighted by Crippen LogP contribution is -2.58. The summed E-state index contributed by atoms with van der Waals surface area (Å²) in [5.74, 6) is -0.409. The predicted molar refractivity (Wildman–Crippen MR) is 111 cm³/mol. The summed E-state index contributed by atoms with van der Waals surface area (Å²) in [6.45, 7) is 4.31. The maximum absolute atomic E-state index is 13.2. The molecule has 0 bridgehead atoms. The van der Waals surface area contributed by atoms with E-state index in [-0.39, 0.29) is 13.0 Å². The summed E-state index contributed by atoms with van der Waals surface area (Å²) in [5, 5.41) is 2.54. The van der Waals surface area contributed by atoms with E-state index in [0.717, 1.165) is 31.2 Å². The van der Waals surface area contributed by atoms with Gasteiger partial charge in [-0.25, -0.2) is 9.59 Å². The van der Waals surface area contributed by atoms with Crippen LogP contribution in [0.1, 0.15) is 51.0 Å². The molecule has 2 amide bonds. The van der Waals surface area contributed by atoms with Crippen LogP contribution in [0.3, 0.4) is 0 Å². The standard InChI is InChI=1S/C22H31N3O5/c1-2-3-15-29-16-9-12-22(23-18-26,20(27)25-13-7-8-14-25)24-21(28)30-17-19-10-5-4-6-11-19/h4-6,10-11H,2-3,7-9,12-17H2,1H3,(H,24,28). The highest BCUT2D eigenvalue weighted by molar-refractivity contribution is 5.90. The molecule has 30 heavy (non-hydrogen) atoms. The first-order chi connectivity index (χ1) is 14.6. The number of hydrogen-bond acceptors (Lipinski definition) is 6. The van der Waals surface area contributed by atoms with Crippen molar-refractivity contribution < 1.29 is 23.9 Å². The second-order valence-electron chi connectivity index (χ2n) is 7.32. The van der Waals surface area contributed by atoms with Crippen molar-refractivity contribution in [3.05, 3.63) is 35.9 Å². The molecule has 1 aromatic rings. The van der Waals surface area contributed by atoms with Crippen LogP contribution in [0.5, 0.6) is 0 Å². The number of rotatable bonds is 12. The first kappa shape index (κ1) is 23.6. The number of ether oxygens (including phenoxy) is 2. The molecule has 0 radical (unpaired) electrons. The van der Waals surface area contributed by atoms with Gasteiger partial charge >= 0.3 is 6.09 Å². The van der Waals surface area contributed by atoms with E-state index < -0.39 is 17.7 Å². The van der Waals surface area contributed by atoms with Crippen molar-refractivity contribution in [2.75, 3.05) is 26.3 Å². The molecular formula is C22H31N3O5. The molecule has 1 heterocycles. The lowest BCUT2D eigenvalue weighted by Gasteiger charge is -2.31. The van der Waals surface area contributed by atoms with Gasteiger partial charge in [0.05, 0.1) is 0 Å². The van der Waals surface area contributed by atoms with E-state index >= 15 is 0 Å². The van der Waals surface area contributed by atoms with E-state index in [2.05, 4.69) is 17.2 Å². The number of carbonyl (C=O) groups is 2. The van der Waals surface area contributed by atoms with Crippen LogP contribution in [0.2, 0.25) is 0 Å². The SMILES string of the molecule is CCCCOCCCC(N=C=O)(NC(=O)OCc1ccccc1)C(=O)N1CCCC1. The maximum atomic E-state index is 13.2. The monoisotopic (exact) mass is 417 g/mol. The molecule has 8 nitrogen and oxygen atoms in total. The first-order valence-electron chi connectivity index (χ1n) is 10.6. The minimum absolute atomic E-state index is 0.0472. The Kier molecular flexibility index (Phi) is 10.0. The van der Waals surface area contributed by atoms with Gasteiger partial charge in [0.15, 0.2) is 0 Å². The molecular weight excluding hydrogens is 386 g/mol. The Balaban J connectivity index is 2.05. The fourth-order valence-corrected chi connectivity index (χ4v) is 3.32. The Morgan fingerprint density at radius 2 is 1.87 bits per heavy atom. The van der Waals surface area contributed by atoms with Crippen LogP contribution < -0.4 is 5.32 Å². The molecule has 1 fully saturated rings. The van der Waals surface area contributed by atoms with Crippen LogP contribution in [-0.4, -0.2) is 54.9 Å². The van der Waals surface area contributed by atoms with E-state index in [0.29, 0.717) is 32.7 Å². The smallest absolute Gasteiger partial charge is 0.409 e. The van der Waals surface area contributed by atoms with Gasteiger partial charge in [-0.15, -0.1) is 0 Å². The van der Waals surface area contributed by atoms with Crippen molar-refractivity contribution >= 4 is 18.1 Å². The molecule has 1 atom stereocenters. The molecule has 1 saturated heterocycles. The number of nitrogens with zero attached hydrogens (tertiary/aromatic N) is 2. The number of carbonyl (C=O) groups excluding carboxylic acids is 3. The number of hydrogen-bond donors (Lipinski definition) is 1. The molecule has 0 spiro atoms. The van der Waals surface area contributed by atoms with Gasteiger partial charge in [-0.3, -0.25) is 10.1 Å². The normalized spacial score (nSPS) is 15.2. The van der Waals surface area contributed by atoms with Crippen molar-refractivity contribution in [3.8, 4) is 0 Å². The quantitative estimate of drug-likeness (QED) is 0.320. The van der Waals surface area contributed by atoms with Gasteiger partial charge in [-0.05, 0) is 31.2 Å². The Hall–Kier alpha value is -2.70. The Morgan fingerprint density at radius 3 is 2.53 bits per heavy atom. The summed E-state index contributed by atoms with van der Waals surface area (Å²) in [4.78, 5) is 42.2. The largest absolute Gasteiger partial charge is 0.445 e. The summed E-state index contributed by atoms with van der Waals surface area (Å²) in [7, 11) is 0. The zero-order valence-electron chi connectivity index (χ0n) is 17.6. The molecule has 1 unspecified atom stereocenters. The Bertz CT molecular complexity index is 715. The Labute approximate surface area is 177 Å². The third kappa shape index (κ3) is 7.28. The van der Waals surface area contributed by atoms with E-state index in [1.165, 1.54) is 6.08 Å². The topological polar surface area (TPSA) is 97.3 Å². The van der Waals surface area contributed by atoms with Crippen LogP contribution in [-0.2, 0) is 25.7 Å². The number of nitrogens with one attached hydrogen (secondary N) is 1. The first-order valence-corrected chi connectivity index (χ1v) is 10.6. The van der Waals surface area contributed by atoms with Crippen LogP contribution in [0.4, 0.5) is 4.79 Å². The number of unbranched alkanes of at least 4 members (excludes halogenated alkanes) is 1. The summed E-state index contributed by atoms with van der Waals surface area (Å²) in [5.41, 5.74) is -0.916. The maximum Gasteiger partial charge on any atom is 0.409 e. The molecule has 0 aliphatic carbocycles. The zero-order valence-corrected chi connectivity index (χ0v) is 17.6. The molecule has 8 heteroatoms. The van der Waals surface area contributed by atoms with Crippen molar-refractivity contribution in [1.29, 1.82) is 0 Å². The van der Waals surface area contributed by atoms with Gasteiger partial charge in [0, 0.05) is 32.7 Å². The lowest BCUT2D eigenvalue weighted by molar-refractivity contribution is -0.137. The van der Waals surface area contributed by atoms with Crippen molar-refractivity contribution in [2.45, 2.75) is 57.7 Å². The molecule has 2 rings (SSSR count). The molecule has 164 valence electrons.